The Hall–Kier alpha value is -2.23. The summed E-state index contributed by atoms with van der Waals surface area (Å²) in [7, 11) is 0. The normalized spacial score (nSPS) is 12.8. The molecule has 0 spiro atoms. The first-order valence-corrected chi connectivity index (χ1v) is 9.52. The average molecular weight is 414 g/mol. The number of alkyl halides is 3. The van der Waals surface area contributed by atoms with Gasteiger partial charge in [0.25, 0.3) is 0 Å². The molecule has 0 radical (unpaired) electrons. The molecule has 3 rings (SSSR count). The number of anilines is 1. The molecular weight excluding hydrogens is 402 g/mol. The summed E-state index contributed by atoms with van der Waals surface area (Å²) in [5.74, 6) is -0.466. The maximum atomic E-state index is 13.2. The maximum Gasteiger partial charge on any atom is 0.425 e. The molecule has 9 heteroatoms. The van der Waals surface area contributed by atoms with Crippen molar-refractivity contribution in [1.82, 2.24) is 0 Å². The standard InChI is InChI=1S/C18H13F4NO2S2/c19-14-5-3-12(4-6-14)17-13(10-16(26-17)18(20,21)22)9-11-1-7-15(8-2-11)23-27(24)25/h1-8,10,23H,9H2,(H,24,25)/p-1. The van der Waals surface area contributed by atoms with Crippen molar-refractivity contribution in [3.63, 3.8) is 0 Å². The smallest absolute Gasteiger partial charge is 0.425 e. The fourth-order valence-electron chi connectivity index (χ4n) is 2.55. The molecule has 3 nitrogen and oxygen atoms in total. The first-order valence-electron chi connectivity index (χ1n) is 7.63. The summed E-state index contributed by atoms with van der Waals surface area (Å²) in [6.45, 7) is 0. The Labute approximate surface area is 159 Å². The van der Waals surface area contributed by atoms with Gasteiger partial charge in [-0.3, -0.25) is 4.21 Å². The van der Waals surface area contributed by atoms with E-state index in [-0.39, 0.29) is 6.42 Å². The molecule has 2 aromatic carbocycles. The van der Waals surface area contributed by atoms with Crippen LogP contribution in [0.3, 0.4) is 0 Å². The van der Waals surface area contributed by atoms with E-state index in [0.29, 0.717) is 38.6 Å². The summed E-state index contributed by atoms with van der Waals surface area (Å²) in [6.07, 6.45) is -4.25. The predicted octanol–water partition coefficient (Wildman–Crippen LogP) is 5.37. The molecule has 0 amide bonds. The fraction of sp³-hybridized carbons (Fsp3) is 0.111. The van der Waals surface area contributed by atoms with Gasteiger partial charge in [0.15, 0.2) is 0 Å². The van der Waals surface area contributed by atoms with Gasteiger partial charge in [-0.05, 0) is 53.4 Å². The van der Waals surface area contributed by atoms with Crippen molar-refractivity contribution in [3.8, 4) is 10.4 Å². The minimum Gasteiger partial charge on any atom is -0.755 e. The van der Waals surface area contributed by atoms with Gasteiger partial charge < -0.3 is 9.27 Å². The molecular formula is C18H12F4NO2S2-. The molecule has 142 valence electrons. The van der Waals surface area contributed by atoms with E-state index in [1.807, 2.05) is 0 Å². The molecule has 0 bridgehead atoms. The number of thiophene rings is 1. The van der Waals surface area contributed by atoms with Crippen molar-refractivity contribution in [2.45, 2.75) is 12.6 Å². The predicted molar refractivity (Wildman–Crippen MR) is 96.5 cm³/mol. The monoisotopic (exact) mass is 414 g/mol. The van der Waals surface area contributed by atoms with E-state index in [9.17, 15) is 26.3 Å². The second-order valence-electron chi connectivity index (χ2n) is 5.68. The second-order valence-corrected chi connectivity index (χ2v) is 7.41. The van der Waals surface area contributed by atoms with Crippen LogP contribution in [-0.2, 0) is 23.9 Å². The van der Waals surface area contributed by atoms with Crippen LogP contribution >= 0.6 is 11.3 Å². The zero-order valence-corrected chi connectivity index (χ0v) is 15.2. The summed E-state index contributed by atoms with van der Waals surface area (Å²) >= 11 is -1.84. The highest BCUT2D eigenvalue weighted by Crippen LogP contribution is 2.42. The van der Waals surface area contributed by atoms with Gasteiger partial charge in [-0.25, -0.2) is 4.39 Å². The van der Waals surface area contributed by atoms with E-state index in [2.05, 4.69) is 4.72 Å². The first kappa shape index (κ1) is 19.5. The summed E-state index contributed by atoms with van der Waals surface area (Å²) in [5, 5.41) is 0. The third kappa shape index (κ3) is 4.94. The van der Waals surface area contributed by atoms with Crippen LogP contribution in [0.4, 0.5) is 23.2 Å². The Morgan fingerprint density at radius 2 is 1.67 bits per heavy atom. The summed E-state index contributed by atoms with van der Waals surface area (Å²) in [6, 6.07) is 12.7. The maximum absolute atomic E-state index is 13.2. The molecule has 0 aliphatic carbocycles. The van der Waals surface area contributed by atoms with E-state index in [1.165, 1.54) is 36.4 Å². The molecule has 0 aliphatic rings. The topological polar surface area (TPSA) is 52.2 Å². The Kier molecular flexibility index (Phi) is 5.64. The van der Waals surface area contributed by atoms with Crippen molar-refractivity contribution in [2.24, 2.45) is 0 Å². The number of benzene rings is 2. The molecule has 0 fully saturated rings. The molecule has 1 aromatic heterocycles. The van der Waals surface area contributed by atoms with Crippen molar-refractivity contribution in [1.29, 1.82) is 0 Å². The summed E-state index contributed by atoms with van der Waals surface area (Å²) < 4.78 is 76.1. The van der Waals surface area contributed by atoms with Crippen LogP contribution in [0.1, 0.15) is 16.0 Å². The molecule has 0 aliphatic heterocycles. The molecule has 1 atom stereocenters. The minimum absolute atomic E-state index is 0.222. The number of hydrogen-bond acceptors (Lipinski definition) is 3. The quantitative estimate of drug-likeness (QED) is 0.451. The average Bonchev–Trinajstić information content (AvgIpc) is 3.01. The number of hydrogen-bond donors (Lipinski definition) is 1. The van der Waals surface area contributed by atoms with Crippen LogP contribution in [-0.4, -0.2) is 8.76 Å². The zero-order chi connectivity index (χ0) is 19.6. The summed E-state index contributed by atoms with van der Waals surface area (Å²) in [5.41, 5.74) is 2.04. The van der Waals surface area contributed by atoms with Crippen molar-refractivity contribution < 1.29 is 26.3 Å². The highest BCUT2D eigenvalue weighted by atomic mass is 32.2. The third-order valence-corrected chi connectivity index (χ3v) is 5.42. The van der Waals surface area contributed by atoms with Gasteiger partial charge in [-0.2, -0.15) is 13.2 Å². The van der Waals surface area contributed by atoms with Crippen LogP contribution in [0.5, 0.6) is 0 Å². The molecule has 1 N–H and O–H groups in total. The van der Waals surface area contributed by atoms with Crippen LogP contribution < -0.4 is 4.72 Å². The highest BCUT2D eigenvalue weighted by molar-refractivity contribution is 7.80. The van der Waals surface area contributed by atoms with Crippen LogP contribution in [0.15, 0.2) is 54.6 Å². The van der Waals surface area contributed by atoms with E-state index in [0.717, 1.165) is 6.07 Å². The van der Waals surface area contributed by atoms with Gasteiger partial charge >= 0.3 is 6.18 Å². The highest BCUT2D eigenvalue weighted by Gasteiger charge is 2.34. The Balaban J connectivity index is 1.94. The lowest BCUT2D eigenvalue weighted by Crippen LogP contribution is -2.02. The Bertz CT molecular complexity index is 951. The first-order chi connectivity index (χ1) is 12.7. The Morgan fingerprint density at radius 3 is 2.22 bits per heavy atom. The molecule has 0 saturated carbocycles. The van der Waals surface area contributed by atoms with Gasteiger partial charge in [-0.15, -0.1) is 11.3 Å². The lowest BCUT2D eigenvalue weighted by molar-refractivity contribution is -0.134. The fourth-order valence-corrected chi connectivity index (χ4v) is 3.93. The van der Waals surface area contributed by atoms with E-state index in [1.54, 1.807) is 12.1 Å². The van der Waals surface area contributed by atoms with Gasteiger partial charge in [0.2, 0.25) is 0 Å². The number of nitrogens with one attached hydrogen (secondary N) is 1. The van der Waals surface area contributed by atoms with E-state index in [4.69, 9.17) is 0 Å². The lowest BCUT2D eigenvalue weighted by atomic mass is 10.0. The molecule has 0 saturated heterocycles. The van der Waals surface area contributed by atoms with Crippen molar-refractivity contribution >= 4 is 28.3 Å². The number of halogens is 4. The van der Waals surface area contributed by atoms with E-state index >= 15 is 0 Å². The van der Waals surface area contributed by atoms with Gasteiger partial charge in [0.1, 0.15) is 10.7 Å². The SMILES string of the molecule is O=S([O-])Nc1ccc(Cc2cc(C(F)(F)F)sc2-c2ccc(F)cc2)cc1. The molecule has 1 heterocycles. The molecule has 27 heavy (non-hydrogen) atoms. The lowest BCUT2D eigenvalue weighted by Gasteiger charge is -2.09. The second kappa shape index (κ2) is 7.79. The van der Waals surface area contributed by atoms with Gasteiger partial charge in [0.05, 0.1) is 0 Å². The zero-order valence-electron chi connectivity index (χ0n) is 13.5. The van der Waals surface area contributed by atoms with Gasteiger partial charge in [-0.1, -0.05) is 24.3 Å². The Morgan fingerprint density at radius 1 is 1.04 bits per heavy atom. The van der Waals surface area contributed by atoms with Crippen molar-refractivity contribution in [3.05, 3.63) is 76.4 Å². The van der Waals surface area contributed by atoms with Crippen LogP contribution in [0, 0.1) is 5.82 Å². The van der Waals surface area contributed by atoms with E-state index < -0.39 is 28.1 Å². The van der Waals surface area contributed by atoms with Crippen molar-refractivity contribution in [2.75, 3.05) is 4.72 Å². The number of rotatable bonds is 5. The van der Waals surface area contributed by atoms with Crippen LogP contribution in [0.2, 0.25) is 0 Å². The largest absolute Gasteiger partial charge is 0.755 e. The molecule has 1 unspecified atom stereocenters. The minimum atomic E-state index is -4.47. The van der Waals surface area contributed by atoms with Gasteiger partial charge in [0, 0.05) is 21.8 Å². The molecule has 3 aromatic rings. The third-order valence-electron chi connectivity index (χ3n) is 3.74. The summed E-state index contributed by atoms with van der Waals surface area (Å²) in [4.78, 5) is -0.304. The van der Waals surface area contributed by atoms with Crippen LogP contribution in [0.25, 0.3) is 10.4 Å².